The quantitative estimate of drug-likeness (QED) is 0.219. The van der Waals surface area contributed by atoms with Crippen molar-refractivity contribution < 1.29 is 4.57 Å². The summed E-state index contributed by atoms with van der Waals surface area (Å²) in [5.74, 6) is 0. The van der Waals surface area contributed by atoms with E-state index in [1.54, 1.807) is 0 Å². The third kappa shape index (κ3) is 3.76. The fourth-order valence-electron chi connectivity index (χ4n) is 5.27. The normalized spacial score (nSPS) is 14.8. The minimum atomic E-state index is 1.21. The highest BCUT2D eigenvalue weighted by Crippen LogP contribution is 2.49. The lowest BCUT2D eigenvalue weighted by molar-refractivity contribution is -0.641. The Morgan fingerprint density at radius 3 is 2.24 bits per heavy atom. The second kappa shape index (κ2) is 8.91. The lowest BCUT2D eigenvalue weighted by atomic mass is 10.1. The second-order valence-corrected chi connectivity index (χ2v) is 11.5. The van der Waals surface area contributed by atoms with Gasteiger partial charge in [-0.05, 0) is 46.2 Å². The zero-order valence-electron chi connectivity index (χ0n) is 20.7. The standard InChI is InChI=1S/C33H25N2S2/c1-34-30(36-28-18-16-23-12-6-8-14-26(23)32(28)34)20-25(22-10-4-3-5-11-22)21-31-35(2)33-27-15-9-7-13-24(27)17-19-29(33)37-31/h3-21H,1-2H3/q+1. The molecule has 2 heterocycles. The SMILES string of the molecule is CN1/C(=C/C(=C/c2sc3ccc4ccccc4c3[n+]2C)c2ccccc2)Sc2ccc3ccccc3c21. The van der Waals surface area contributed by atoms with Crippen LogP contribution in [0, 0.1) is 0 Å². The average molecular weight is 514 g/mol. The van der Waals surface area contributed by atoms with Crippen molar-refractivity contribution in [3.63, 3.8) is 0 Å². The molecule has 4 heteroatoms. The molecule has 0 N–H and O–H groups in total. The summed E-state index contributed by atoms with van der Waals surface area (Å²) in [5, 5.41) is 7.61. The Labute approximate surface area is 224 Å². The van der Waals surface area contributed by atoms with E-state index in [0.717, 1.165) is 0 Å². The molecule has 0 saturated heterocycles. The van der Waals surface area contributed by atoms with Crippen LogP contribution in [0.15, 0.2) is 119 Å². The number of aryl methyl sites for hydroxylation is 1. The van der Waals surface area contributed by atoms with Crippen molar-refractivity contribution in [1.29, 1.82) is 0 Å². The summed E-state index contributed by atoms with van der Waals surface area (Å²) in [7, 11) is 4.37. The van der Waals surface area contributed by atoms with Crippen LogP contribution in [0.1, 0.15) is 10.6 Å². The molecule has 5 aromatic carbocycles. The van der Waals surface area contributed by atoms with Crippen molar-refractivity contribution in [2.45, 2.75) is 4.90 Å². The molecule has 0 saturated carbocycles. The van der Waals surface area contributed by atoms with Crippen LogP contribution in [0.4, 0.5) is 5.69 Å². The summed E-state index contributed by atoms with van der Waals surface area (Å²) >= 11 is 3.69. The van der Waals surface area contributed by atoms with Crippen LogP contribution in [-0.4, -0.2) is 7.05 Å². The molecule has 0 fully saturated rings. The number of fused-ring (bicyclic) bond motifs is 6. The molecule has 0 amide bonds. The van der Waals surface area contributed by atoms with E-state index >= 15 is 0 Å². The highest BCUT2D eigenvalue weighted by Gasteiger charge is 2.25. The number of anilines is 1. The number of allylic oxidation sites excluding steroid dienone is 2. The van der Waals surface area contributed by atoms with Gasteiger partial charge in [-0.3, -0.25) is 0 Å². The fourth-order valence-corrected chi connectivity index (χ4v) is 7.51. The molecule has 7 rings (SSSR count). The molecule has 0 spiro atoms. The first-order valence-corrected chi connectivity index (χ1v) is 14.0. The molecule has 0 unspecified atom stereocenters. The van der Waals surface area contributed by atoms with Crippen LogP contribution in [0.25, 0.3) is 43.4 Å². The fraction of sp³-hybridized carbons (Fsp3) is 0.0606. The number of rotatable bonds is 3. The van der Waals surface area contributed by atoms with E-state index in [2.05, 4.69) is 139 Å². The highest BCUT2D eigenvalue weighted by atomic mass is 32.2. The zero-order chi connectivity index (χ0) is 24.9. The molecule has 0 radical (unpaired) electrons. The Hall–Kier alpha value is -3.86. The Bertz CT molecular complexity index is 1880. The van der Waals surface area contributed by atoms with Gasteiger partial charge in [-0.2, -0.15) is 4.57 Å². The van der Waals surface area contributed by atoms with Gasteiger partial charge in [0.05, 0.1) is 16.1 Å². The smallest absolute Gasteiger partial charge is 0.263 e. The van der Waals surface area contributed by atoms with Gasteiger partial charge in [0.15, 0.2) is 0 Å². The third-order valence-corrected chi connectivity index (χ3v) is 9.45. The zero-order valence-corrected chi connectivity index (χ0v) is 22.3. The van der Waals surface area contributed by atoms with Crippen molar-refractivity contribution in [1.82, 2.24) is 0 Å². The largest absolute Gasteiger partial charge is 0.338 e. The van der Waals surface area contributed by atoms with Crippen LogP contribution in [0.2, 0.25) is 0 Å². The summed E-state index contributed by atoms with van der Waals surface area (Å²) < 4.78 is 3.65. The maximum absolute atomic E-state index is 2.34. The van der Waals surface area contributed by atoms with Gasteiger partial charge < -0.3 is 4.90 Å². The van der Waals surface area contributed by atoms with Crippen LogP contribution >= 0.6 is 23.1 Å². The number of aromatic nitrogens is 1. The van der Waals surface area contributed by atoms with E-state index in [0.29, 0.717) is 0 Å². The van der Waals surface area contributed by atoms with E-state index in [-0.39, 0.29) is 0 Å². The Morgan fingerprint density at radius 1 is 0.757 bits per heavy atom. The monoisotopic (exact) mass is 513 g/mol. The van der Waals surface area contributed by atoms with Gasteiger partial charge in [-0.1, -0.05) is 108 Å². The molecule has 6 aromatic rings. The lowest BCUT2D eigenvalue weighted by Gasteiger charge is -2.16. The molecule has 37 heavy (non-hydrogen) atoms. The van der Waals surface area contributed by atoms with Crippen LogP contribution in [0.3, 0.4) is 0 Å². The summed E-state index contributed by atoms with van der Waals surface area (Å²) in [6.45, 7) is 0. The first-order chi connectivity index (χ1) is 18.2. The molecule has 178 valence electrons. The molecule has 1 aromatic heterocycles. The van der Waals surface area contributed by atoms with E-state index in [1.165, 1.54) is 63.5 Å². The van der Waals surface area contributed by atoms with Crippen molar-refractivity contribution >= 4 is 72.2 Å². The van der Waals surface area contributed by atoms with E-state index in [1.807, 2.05) is 23.1 Å². The highest BCUT2D eigenvalue weighted by molar-refractivity contribution is 8.03. The number of hydrogen-bond acceptors (Lipinski definition) is 3. The van der Waals surface area contributed by atoms with E-state index in [4.69, 9.17) is 0 Å². The van der Waals surface area contributed by atoms with Gasteiger partial charge in [-0.15, -0.1) is 0 Å². The minimum Gasteiger partial charge on any atom is -0.338 e. The number of thiazole rings is 1. The number of thioether (sulfide) groups is 1. The van der Waals surface area contributed by atoms with Crippen molar-refractivity contribution in [3.05, 3.63) is 125 Å². The molecule has 0 aliphatic carbocycles. The number of hydrogen-bond donors (Lipinski definition) is 0. The van der Waals surface area contributed by atoms with Crippen LogP contribution in [0.5, 0.6) is 0 Å². The average Bonchev–Trinajstić information content (AvgIpc) is 3.44. The summed E-state index contributed by atoms with van der Waals surface area (Å²) in [4.78, 5) is 3.65. The van der Waals surface area contributed by atoms with E-state index < -0.39 is 0 Å². The molecular weight excluding hydrogens is 489 g/mol. The second-order valence-electron chi connectivity index (χ2n) is 9.38. The summed E-state index contributed by atoms with van der Waals surface area (Å²) in [6, 6.07) is 37.0. The molecule has 1 aliphatic heterocycles. The topological polar surface area (TPSA) is 7.12 Å². The molecule has 0 atom stereocenters. The Kier molecular flexibility index (Phi) is 5.38. The predicted molar refractivity (Wildman–Crippen MR) is 161 cm³/mol. The maximum atomic E-state index is 2.34. The molecule has 0 bridgehead atoms. The predicted octanol–water partition coefficient (Wildman–Crippen LogP) is 8.66. The Morgan fingerprint density at radius 2 is 1.43 bits per heavy atom. The van der Waals surface area contributed by atoms with Gasteiger partial charge in [0.1, 0.15) is 11.7 Å². The summed E-state index contributed by atoms with van der Waals surface area (Å²) in [6.07, 6.45) is 4.69. The molecular formula is C33H25N2S2+. The minimum absolute atomic E-state index is 1.21. The first kappa shape index (κ1) is 22.3. The third-order valence-electron chi connectivity index (χ3n) is 7.15. The van der Waals surface area contributed by atoms with Gasteiger partial charge in [-0.25, -0.2) is 0 Å². The molecule has 2 nitrogen and oxygen atoms in total. The van der Waals surface area contributed by atoms with Crippen molar-refractivity contribution in [2.75, 3.05) is 11.9 Å². The lowest BCUT2D eigenvalue weighted by Crippen LogP contribution is -2.29. The Balaban J connectivity index is 1.39. The first-order valence-electron chi connectivity index (χ1n) is 12.4. The van der Waals surface area contributed by atoms with E-state index in [9.17, 15) is 0 Å². The van der Waals surface area contributed by atoms with Gasteiger partial charge >= 0.3 is 0 Å². The van der Waals surface area contributed by atoms with Crippen LogP contribution in [-0.2, 0) is 7.05 Å². The summed E-state index contributed by atoms with van der Waals surface area (Å²) in [5.41, 5.74) is 5.01. The van der Waals surface area contributed by atoms with Crippen LogP contribution < -0.4 is 9.47 Å². The number of nitrogens with zero attached hydrogens (tertiary/aromatic N) is 2. The van der Waals surface area contributed by atoms with Crippen molar-refractivity contribution in [2.24, 2.45) is 7.05 Å². The van der Waals surface area contributed by atoms with Crippen molar-refractivity contribution in [3.8, 4) is 0 Å². The maximum Gasteiger partial charge on any atom is 0.263 e. The molecule has 1 aliphatic rings. The van der Waals surface area contributed by atoms with Gasteiger partial charge in [0.2, 0.25) is 5.52 Å². The number of benzene rings is 5. The van der Waals surface area contributed by atoms with Gasteiger partial charge in [0, 0.05) is 23.4 Å². The van der Waals surface area contributed by atoms with Gasteiger partial charge in [0.25, 0.3) is 5.01 Å².